The highest BCUT2D eigenvalue weighted by molar-refractivity contribution is 8.00. The average molecular weight is 422 g/mol. The van der Waals surface area contributed by atoms with Crippen LogP contribution in [0.4, 0.5) is 5.69 Å². The second kappa shape index (κ2) is 8.64. The quantitative estimate of drug-likeness (QED) is 0.451. The van der Waals surface area contributed by atoms with Crippen molar-refractivity contribution >= 4 is 34.3 Å². The third-order valence-corrected chi connectivity index (χ3v) is 6.89. The van der Waals surface area contributed by atoms with Crippen molar-refractivity contribution < 1.29 is 4.79 Å². The number of nitrogens with zero attached hydrogens (tertiary/aromatic N) is 2. The summed E-state index contributed by atoms with van der Waals surface area (Å²) >= 11 is 1.34. The first-order valence-electron chi connectivity index (χ1n) is 10.6. The summed E-state index contributed by atoms with van der Waals surface area (Å²) in [4.78, 5) is 30.7. The number of anilines is 1. The Kier molecular flexibility index (Phi) is 5.95. The number of nitrogens with one attached hydrogen (secondary N) is 1. The maximum absolute atomic E-state index is 13.1. The second-order valence-corrected chi connectivity index (χ2v) is 9.24. The van der Waals surface area contributed by atoms with Gasteiger partial charge >= 0.3 is 0 Å². The maximum atomic E-state index is 13.1. The highest BCUT2D eigenvalue weighted by Gasteiger charge is 2.22. The van der Waals surface area contributed by atoms with Crippen LogP contribution in [0.15, 0.2) is 52.4 Å². The number of amides is 1. The first-order valence-corrected chi connectivity index (χ1v) is 11.5. The van der Waals surface area contributed by atoms with E-state index in [4.69, 9.17) is 4.98 Å². The highest BCUT2D eigenvalue weighted by atomic mass is 32.2. The zero-order valence-corrected chi connectivity index (χ0v) is 18.5. The molecule has 1 aliphatic rings. The number of rotatable bonds is 6. The number of benzene rings is 2. The van der Waals surface area contributed by atoms with Crippen LogP contribution in [0.3, 0.4) is 0 Å². The van der Waals surface area contributed by atoms with E-state index >= 15 is 0 Å². The lowest BCUT2D eigenvalue weighted by molar-refractivity contribution is -0.115. The molecule has 0 bridgehead atoms. The number of carbonyl (C=O) groups excluding carboxylic acids is 1. The van der Waals surface area contributed by atoms with Crippen molar-refractivity contribution in [2.24, 2.45) is 0 Å². The molecule has 3 aromatic rings. The lowest BCUT2D eigenvalue weighted by Gasteiger charge is -2.20. The Labute approximate surface area is 180 Å². The summed E-state index contributed by atoms with van der Waals surface area (Å²) in [6, 6.07) is 13.6. The third kappa shape index (κ3) is 4.01. The molecule has 0 saturated heterocycles. The van der Waals surface area contributed by atoms with Crippen LogP contribution in [0.1, 0.15) is 50.8 Å². The lowest BCUT2D eigenvalue weighted by Crippen LogP contribution is -2.28. The Morgan fingerprint density at radius 2 is 1.93 bits per heavy atom. The van der Waals surface area contributed by atoms with E-state index in [-0.39, 0.29) is 22.8 Å². The van der Waals surface area contributed by atoms with Gasteiger partial charge in [-0.15, -0.1) is 0 Å². The molecular weight excluding hydrogens is 394 g/mol. The van der Waals surface area contributed by atoms with Gasteiger partial charge in [0.2, 0.25) is 5.91 Å². The monoisotopic (exact) mass is 421 g/mol. The van der Waals surface area contributed by atoms with Crippen LogP contribution >= 0.6 is 11.8 Å². The summed E-state index contributed by atoms with van der Waals surface area (Å²) in [7, 11) is 0. The zero-order chi connectivity index (χ0) is 21.3. The van der Waals surface area contributed by atoms with Crippen molar-refractivity contribution in [2.45, 2.75) is 62.9 Å². The molecule has 2 atom stereocenters. The molecule has 0 saturated carbocycles. The van der Waals surface area contributed by atoms with E-state index in [1.165, 1.54) is 29.3 Å². The van der Waals surface area contributed by atoms with Gasteiger partial charge in [0.1, 0.15) is 0 Å². The van der Waals surface area contributed by atoms with Gasteiger partial charge in [0.15, 0.2) is 5.16 Å². The van der Waals surface area contributed by atoms with Crippen LogP contribution in [0, 0.1) is 0 Å². The van der Waals surface area contributed by atoms with Crippen molar-refractivity contribution in [1.82, 2.24) is 9.55 Å². The first kappa shape index (κ1) is 20.7. The third-order valence-electron chi connectivity index (χ3n) is 5.82. The molecule has 2 aromatic carbocycles. The summed E-state index contributed by atoms with van der Waals surface area (Å²) in [5, 5.41) is 3.84. The van der Waals surface area contributed by atoms with E-state index < -0.39 is 0 Å². The van der Waals surface area contributed by atoms with Crippen LogP contribution in [0.2, 0.25) is 0 Å². The fraction of sp³-hybridized carbons (Fsp3) is 0.375. The second-order valence-electron chi connectivity index (χ2n) is 7.93. The van der Waals surface area contributed by atoms with Crippen LogP contribution < -0.4 is 10.9 Å². The van der Waals surface area contributed by atoms with E-state index in [1.807, 2.05) is 51.1 Å². The van der Waals surface area contributed by atoms with Gasteiger partial charge in [-0.05, 0) is 74.9 Å². The van der Waals surface area contributed by atoms with Crippen LogP contribution in [0.25, 0.3) is 10.9 Å². The molecule has 0 aliphatic heterocycles. The smallest absolute Gasteiger partial charge is 0.262 e. The predicted octanol–water partition coefficient (Wildman–Crippen LogP) is 4.98. The minimum atomic E-state index is -0.387. The molecular formula is C24H27N3O2S. The number of aromatic nitrogens is 2. The van der Waals surface area contributed by atoms with Gasteiger partial charge in [0.25, 0.3) is 5.56 Å². The molecule has 1 amide bonds. The van der Waals surface area contributed by atoms with Gasteiger partial charge in [-0.1, -0.05) is 36.9 Å². The van der Waals surface area contributed by atoms with Gasteiger partial charge in [-0.25, -0.2) is 4.98 Å². The largest absolute Gasteiger partial charge is 0.325 e. The molecule has 1 N–H and O–H groups in total. The summed E-state index contributed by atoms with van der Waals surface area (Å²) in [5.41, 5.74) is 4.15. The van der Waals surface area contributed by atoms with E-state index in [9.17, 15) is 9.59 Å². The number of hydrogen-bond acceptors (Lipinski definition) is 4. The summed E-state index contributed by atoms with van der Waals surface area (Å²) in [6.45, 7) is 5.91. The van der Waals surface area contributed by atoms with Crippen molar-refractivity contribution in [1.29, 1.82) is 0 Å². The standard InChI is InChI=1S/C24H27N3O2S/c1-4-15(2)27-23(29)20-10-5-6-11-21(20)26-24(27)30-16(3)22(28)25-19-13-12-17-8-7-9-18(17)14-19/h5-6,10-16H,4,7-9H2,1-3H3,(H,25,28)/t15-,16-/m1/s1. The Balaban J connectivity index is 1.59. The Morgan fingerprint density at radius 1 is 1.17 bits per heavy atom. The molecule has 0 spiro atoms. The van der Waals surface area contributed by atoms with Gasteiger partial charge in [0, 0.05) is 11.7 Å². The molecule has 0 unspecified atom stereocenters. The predicted molar refractivity (Wildman–Crippen MR) is 123 cm³/mol. The van der Waals surface area contributed by atoms with Crippen LogP contribution in [-0.4, -0.2) is 20.7 Å². The van der Waals surface area contributed by atoms with E-state index in [2.05, 4.69) is 17.4 Å². The van der Waals surface area contributed by atoms with E-state index in [1.54, 1.807) is 4.57 Å². The summed E-state index contributed by atoms with van der Waals surface area (Å²) in [5.74, 6) is -0.0870. The van der Waals surface area contributed by atoms with Gasteiger partial charge in [0.05, 0.1) is 16.2 Å². The molecule has 5 nitrogen and oxygen atoms in total. The molecule has 0 fully saturated rings. The van der Waals surface area contributed by atoms with Gasteiger partial charge in [-0.2, -0.15) is 0 Å². The molecule has 156 valence electrons. The van der Waals surface area contributed by atoms with Gasteiger partial charge in [-0.3, -0.25) is 14.2 Å². The highest BCUT2D eigenvalue weighted by Crippen LogP contribution is 2.28. The molecule has 0 radical (unpaired) electrons. The van der Waals surface area contributed by atoms with E-state index in [0.29, 0.717) is 16.1 Å². The first-order chi connectivity index (χ1) is 14.5. The van der Waals surface area contributed by atoms with E-state index in [0.717, 1.165) is 24.9 Å². The fourth-order valence-electron chi connectivity index (χ4n) is 3.89. The molecule has 30 heavy (non-hydrogen) atoms. The lowest BCUT2D eigenvalue weighted by atomic mass is 10.1. The minimum Gasteiger partial charge on any atom is -0.325 e. The zero-order valence-electron chi connectivity index (χ0n) is 17.6. The number of fused-ring (bicyclic) bond motifs is 2. The topological polar surface area (TPSA) is 64.0 Å². The number of carbonyl (C=O) groups is 1. The van der Waals surface area contributed by atoms with Crippen LogP contribution in [-0.2, 0) is 17.6 Å². The fourth-order valence-corrected chi connectivity index (χ4v) is 4.89. The molecule has 1 aromatic heterocycles. The molecule has 1 aliphatic carbocycles. The number of hydrogen-bond donors (Lipinski definition) is 1. The van der Waals surface area contributed by atoms with Crippen LogP contribution in [0.5, 0.6) is 0 Å². The molecule has 6 heteroatoms. The van der Waals surface area contributed by atoms with Crippen molar-refractivity contribution in [3.8, 4) is 0 Å². The Hall–Kier alpha value is -2.60. The Bertz CT molecular complexity index is 1150. The minimum absolute atomic E-state index is 0.00378. The molecule has 1 heterocycles. The van der Waals surface area contributed by atoms with Crippen molar-refractivity contribution in [2.75, 3.05) is 5.32 Å². The number of para-hydroxylation sites is 1. The SMILES string of the molecule is CC[C@@H](C)n1c(S[C@H](C)C(=O)Nc2ccc3c(c2)CCC3)nc2ccccc2c1=O. The molecule has 4 rings (SSSR count). The normalized spacial score (nSPS) is 15.0. The average Bonchev–Trinajstić information content (AvgIpc) is 3.21. The van der Waals surface area contributed by atoms with Crippen molar-refractivity contribution in [3.05, 3.63) is 63.9 Å². The number of aryl methyl sites for hydroxylation is 2. The van der Waals surface area contributed by atoms with Gasteiger partial charge < -0.3 is 5.32 Å². The summed E-state index contributed by atoms with van der Waals surface area (Å²) in [6.07, 6.45) is 4.19. The Morgan fingerprint density at radius 3 is 2.73 bits per heavy atom. The maximum Gasteiger partial charge on any atom is 0.262 e. The summed E-state index contributed by atoms with van der Waals surface area (Å²) < 4.78 is 1.73. The van der Waals surface area contributed by atoms with Crippen molar-refractivity contribution in [3.63, 3.8) is 0 Å². The number of thioether (sulfide) groups is 1.